The molecule has 128 valence electrons. The summed E-state index contributed by atoms with van der Waals surface area (Å²) in [6.07, 6.45) is 0. The molecule has 0 bridgehead atoms. The highest BCUT2D eigenvalue weighted by Gasteiger charge is 2.21. The Morgan fingerprint density at radius 2 is 1.80 bits per heavy atom. The van der Waals surface area contributed by atoms with Crippen LogP contribution in [0.5, 0.6) is 0 Å². The van der Waals surface area contributed by atoms with Crippen molar-refractivity contribution < 1.29 is 9.53 Å². The van der Waals surface area contributed by atoms with Crippen molar-refractivity contribution in [3.8, 4) is 0 Å². The highest BCUT2D eigenvalue weighted by molar-refractivity contribution is 6.32. The summed E-state index contributed by atoms with van der Waals surface area (Å²) in [5.41, 5.74) is 4.02. The van der Waals surface area contributed by atoms with Crippen molar-refractivity contribution in [2.24, 2.45) is 0 Å². The standard InChI is InChI=1S/C20H19ClN2O2/c1-14-7-6-10-17(11-14)13-25-20(24)18-15(2)22-23(19(18)21)12-16-8-4-3-5-9-16/h3-11H,12-13H2,1-2H3. The van der Waals surface area contributed by atoms with E-state index in [9.17, 15) is 4.79 Å². The van der Waals surface area contributed by atoms with Gasteiger partial charge in [0.05, 0.1) is 12.2 Å². The molecule has 3 rings (SSSR count). The molecule has 3 aromatic rings. The third kappa shape index (κ3) is 4.09. The van der Waals surface area contributed by atoms with Crippen LogP contribution >= 0.6 is 11.6 Å². The van der Waals surface area contributed by atoms with Crippen LogP contribution in [0, 0.1) is 13.8 Å². The zero-order valence-corrected chi connectivity index (χ0v) is 15.0. The molecular formula is C20H19ClN2O2. The molecule has 2 aromatic carbocycles. The fourth-order valence-electron chi connectivity index (χ4n) is 2.67. The van der Waals surface area contributed by atoms with Gasteiger partial charge in [-0.05, 0) is 25.0 Å². The molecule has 0 unspecified atom stereocenters. The van der Waals surface area contributed by atoms with E-state index >= 15 is 0 Å². The van der Waals surface area contributed by atoms with Gasteiger partial charge < -0.3 is 4.74 Å². The van der Waals surface area contributed by atoms with Crippen LogP contribution in [0.2, 0.25) is 5.15 Å². The maximum Gasteiger partial charge on any atom is 0.343 e. The lowest BCUT2D eigenvalue weighted by Crippen LogP contribution is -2.07. The zero-order valence-electron chi connectivity index (χ0n) is 14.2. The van der Waals surface area contributed by atoms with E-state index in [1.807, 2.05) is 61.5 Å². The number of hydrogen-bond acceptors (Lipinski definition) is 3. The van der Waals surface area contributed by atoms with Crippen LogP contribution in [0.25, 0.3) is 0 Å². The van der Waals surface area contributed by atoms with Gasteiger partial charge >= 0.3 is 5.97 Å². The second-order valence-electron chi connectivity index (χ2n) is 5.96. The first-order chi connectivity index (χ1) is 12.0. The molecule has 0 saturated heterocycles. The highest BCUT2D eigenvalue weighted by Crippen LogP contribution is 2.22. The molecule has 0 atom stereocenters. The molecule has 0 aliphatic heterocycles. The number of carbonyl (C=O) groups excluding carboxylic acids is 1. The van der Waals surface area contributed by atoms with Crippen molar-refractivity contribution in [1.82, 2.24) is 9.78 Å². The molecule has 0 radical (unpaired) electrons. The van der Waals surface area contributed by atoms with E-state index in [-0.39, 0.29) is 6.61 Å². The topological polar surface area (TPSA) is 44.1 Å². The lowest BCUT2D eigenvalue weighted by molar-refractivity contribution is 0.0472. The molecule has 0 aliphatic carbocycles. The molecular weight excluding hydrogens is 336 g/mol. The summed E-state index contributed by atoms with van der Waals surface area (Å²) in [4.78, 5) is 12.5. The van der Waals surface area contributed by atoms with Gasteiger partial charge in [0.2, 0.25) is 0 Å². The number of ether oxygens (including phenoxy) is 1. The van der Waals surface area contributed by atoms with Gasteiger partial charge in [0.15, 0.2) is 0 Å². The summed E-state index contributed by atoms with van der Waals surface area (Å²) in [6, 6.07) is 17.7. The van der Waals surface area contributed by atoms with Gasteiger partial charge in [-0.15, -0.1) is 0 Å². The van der Waals surface area contributed by atoms with Gasteiger partial charge in [-0.1, -0.05) is 71.8 Å². The number of halogens is 1. The smallest absolute Gasteiger partial charge is 0.343 e. The number of carbonyl (C=O) groups is 1. The average molecular weight is 355 g/mol. The first kappa shape index (κ1) is 17.2. The van der Waals surface area contributed by atoms with E-state index in [2.05, 4.69) is 5.10 Å². The second kappa shape index (κ2) is 7.53. The van der Waals surface area contributed by atoms with Gasteiger partial charge in [-0.25, -0.2) is 9.48 Å². The largest absolute Gasteiger partial charge is 0.457 e. The predicted octanol–water partition coefficient (Wildman–Crippen LogP) is 4.56. The van der Waals surface area contributed by atoms with Crippen LogP contribution in [0.3, 0.4) is 0 Å². The molecule has 0 amide bonds. The summed E-state index contributed by atoms with van der Waals surface area (Å²) >= 11 is 6.38. The lowest BCUT2D eigenvalue weighted by Gasteiger charge is -2.06. The number of nitrogens with zero attached hydrogens (tertiary/aromatic N) is 2. The van der Waals surface area contributed by atoms with Crippen LogP contribution in [0.1, 0.15) is 32.7 Å². The molecule has 0 aliphatic rings. The van der Waals surface area contributed by atoms with E-state index in [1.165, 1.54) is 0 Å². The molecule has 0 fully saturated rings. The third-order valence-electron chi connectivity index (χ3n) is 3.90. The Morgan fingerprint density at radius 1 is 1.08 bits per heavy atom. The summed E-state index contributed by atoms with van der Waals surface area (Å²) in [5, 5.41) is 4.68. The van der Waals surface area contributed by atoms with Crippen LogP contribution in [-0.2, 0) is 17.9 Å². The SMILES string of the molecule is Cc1cccc(COC(=O)c2c(C)nn(Cc3ccccc3)c2Cl)c1. The first-order valence-corrected chi connectivity index (χ1v) is 8.42. The van der Waals surface area contributed by atoms with Crippen molar-refractivity contribution in [2.75, 3.05) is 0 Å². The van der Waals surface area contributed by atoms with E-state index in [1.54, 1.807) is 11.6 Å². The Morgan fingerprint density at radius 3 is 2.52 bits per heavy atom. The summed E-state index contributed by atoms with van der Waals surface area (Å²) < 4.78 is 7.04. The maximum atomic E-state index is 12.5. The minimum atomic E-state index is -0.455. The van der Waals surface area contributed by atoms with Crippen molar-refractivity contribution >= 4 is 17.6 Å². The molecule has 0 N–H and O–H groups in total. The van der Waals surface area contributed by atoms with Gasteiger partial charge in [0, 0.05) is 0 Å². The van der Waals surface area contributed by atoms with Crippen molar-refractivity contribution in [2.45, 2.75) is 27.0 Å². The Bertz CT molecular complexity index is 888. The van der Waals surface area contributed by atoms with Crippen LogP contribution in [0.4, 0.5) is 0 Å². The fraction of sp³-hybridized carbons (Fsp3) is 0.200. The van der Waals surface area contributed by atoms with Gasteiger partial charge in [-0.2, -0.15) is 5.10 Å². The minimum Gasteiger partial charge on any atom is -0.457 e. The van der Waals surface area contributed by atoms with Crippen molar-refractivity contribution in [1.29, 1.82) is 0 Å². The minimum absolute atomic E-state index is 0.208. The van der Waals surface area contributed by atoms with E-state index in [0.717, 1.165) is 16.7 Å². The lowest BCUT2D eigenvalue weighted by atomic mass is 10.1. The Balaban J connectivity index is 1.74. The molecule has 1 heterocycles. The predicted molar refractivity (Wildman–Crippen MR) is 97.8 cm³/mol. The van der Waals surface area contributed by atoms with Crippen LogP contribution < -0.4 is 0 Å². The van der Waals surface area contributed by atoms with Crippen LogP contribution in [-0.4, -0.2) is 15.7 Å². The molecule has 0 spiro atoms. The van der Waals surface area contributed by atoms with E-state index < -0.39 is 5.97 Å². The molecule has 5 heteroatoms. The van der Waals surface area contributed by atoms with Gasteiger partial charge in [-0.3, -0.25) is 0 Å². The van der Waals surface area contributed by atoms with Gasteiger partial charge in [0.1, 0.15) is 17.3 Å². The molecule has 4 nitrogen and oxygen atoms in total. The normalized spacial score (nSPS) is 10.7. The second-order valence-corrected chi connectivity index (χ2v) is 6.32. The Hall–Kier alpha value is -2.59. The zero-order chi connectivity index (χ0) is 17.8. The van der Waals surface area contributed by atoms with E-state index in [0.29, 0.717) is 23.0 Å². The molecule has 1 aromatic heterocycles. The Labute approximate surface area is 152 Å². The number of benzene rings is 2. The fourth-order valence-corrected chi connectivity index (χ4v) is 2.98. The maximum absolute atomic E-state index is 12.5. The number of aryl methyl sites for hydroxylation is 2. The Kier molecular flexibility index (Phi) is 5.19. The summed E-state index contributed by atoms with van der Waals surface area (Å²) in [7, 11) is 0. The number of esters is 1. The van der Waals surface area contributed by atoms with Crippen molar-refractivity contribution in [3.63, 3.8) is 0 Å². The number of hydrogen-bond donors (Lipinski definition) is 0. The first-order valence-electron chi connectivity index (χ1n) is 8.04. The highest BCUT2D eigenvalue weighted by atomic mass is 35.5. The monoisotopic (exact) mass is 354 g/mol. The third-order valence-corrected chi connectivity index (χ3v) is 4.28. The molecule has 0 saturated carbocycles. The summed E-state index contributed by atoms with van der Waals surface area (Å²) in [5.74, 6) is -0.455. The number of rotatable bonds is 5. The average Bonchev–Trinajstić information content (AvgIpc) is 2.87. The summed E-state index contributed by atoms with van der Waals surface area (Å²) in [6.45, 7) is 4.47. The number of aromatic nitrogens is 2. The van der Waals surface area contributed by atoms with Gasteiger partial charge in [0.25, 0.3) is 0 Å². The van der Waals surface area contributed by atoms with E-state index in [4.69, 9.17) is 16.3 Å². The van der Waals surface area contributed by atoms with Crippen LogP contribution in [0.15, 0.2) is 54.6 Å². The quantitative estimate of drug-likeness (QED) is 0.631. The van der Waals surface area contributed by atoms with Crippen molar-refractivity contribution in [3.05, 3.63) is 87.7 Å². The molecule has 25 heavy (non-hydrogen) atoms.